The van der Waals surface area contributed by atoms with Crippen molar-refractivity contribution in [2.24, 2.45) is 0 Å². The van der Waals surface area contributed by atoms with Crippen LogP contribution >= 0.6 is 0 Å². The second kappa shape index (κ2) is 6.12. The zero-order valence-corrected chi connectivity index (χ0v) is 13.8. The maximum Gasteiger partial charge on any atom is 0.217 e. The van der Waals surface area contributed by atoms with Gasteiger partial charge in [0.1, 0.15) is 6.10 Å². The van der Waals surface area contributed by atoms with Crippen molar-refractivity contribution in [3.8, 4) is 0 Å². The molecule has 3 heterocycles. The SMILES string of the molecule is O=S(=O)(C1CC1)N1C[C@@H](OCc2cccnc2)[C@H]2OCCC[C@H]21. The number of ether oxygens (including phenoxy) is 2. The molecule has 0 radical (unpaired) electrons. The summed E-state index contributed by atoms with van der Waals surface area (Å²) in [5, 5.41) is -0.179. The van der Waals surface area contributed by atoms with E-state index < -0.39 is 10.0 Å². The van der Waals surface area contributed by atoms with E-state index in [0.717, 1.165) is 31.2 Å². The Morgan fingerprint density at radius 2 is 2.22 bits per heavy atom. The van der Waals surface area contributed by atoms with Gasteiger partial charge in [0.25, 0.3) is 0 Å². The van der Waals surface area contributed by atoms with E-state index in [2.05, 4.69) is 4.98 Å². The summed E-state index contributed by atoms with van der Waals surface area (Å²) in [4.78, 5) is 4.08. The second-order valence-corrected chi connectivity index (χ2v) is 8.74. The minimum atomic E-state index is -3.19. The number of hydrogen-bond donors (Lipinski definition) is 0. The molecule has 0 aromatic carbocycles. The Kier molecular flexibility index (Phi) is 4.13. The lowest BCUT2D eigenvalue weighted by atomic mass is 10.0. The van der Waals surface area contributed by atoms with Crippen LogP contribution in [0.5, 0.6) is 0 Å². The van der Waals surface area contributed by atoms with Gasteiger partial charge in [-0.1, -0.05) is 6.07 Å². The summed E-state index contributed by atoms with van der Waals surface area (Å²) in [6.45, 7) is 1.53. The highest BCUT2D eigenvalue weighted by molar-refractivity contribution is 7.90. The van der Waals surface area contributed by atoms with Crippen LogP contribution in [0.15, 0.2) is 24.5 Å². The first-order valence-corrected chi connectivity index (χ1v) is 9.79. The van der Waals surface area contributed by atoms with E-state index in [4.69, 9.17) is 9.47 Å². The van der Waals surface area contributed by atoms with Gasteiger partial charge in [-0.2, -0.15) is 4.31 Å². The molecule has 23 heavy (non-hydrogen) atoms. The average Bonchev–Trinajstić information content (AvgIpc) is 3.37. The third-order valence-electron chi connectivity index (χ3n) is 4.89. The van der Waals surface area contributed by atoms with E-state index in [0.29, 0.717) is 19.8 Å². The number of fused-ring (bicyclic) bond motifs is 1. The summed E-state index contributed by atoms with van der Waals surface area (Å²) in [5.41, 5.74) is 0.989. The van der Waals surface area contributed by atoms with E-state index in [1.807, 2.05) is 12.1 Å². The molecular weight excluding hydrogens is 316 g/mol. The predicted octanol–water partition coefficient (Wildman–Crippen LogP) is 1.32. The van der Waals surface area contributed by atoms with Crippen LogP contribution in [-0.2, 0) is 26.1 Å². The van der Waals surface area contributed by atoms with Crippen LogP contribution in [0.25, 0.3) is 0 Å². The number of nitrogens with zero attached hydrogens (tertiary/aromatic N) is 2. The summed E-state index contributed by atoms with van der Waals surface area (Å²) < 4.78 is 38.9. The molecule has 126 valence electrons. The Balaban J connectivity index is 1.49. The molecule has 3 aliphatic rings. The molecule has 0 unspecified atom stereocenters. The van der Waals surface area contributed by atoms with Gasteiger partial charge in [0.05, 0.1) is 24.0 Å². The number of aromatic nitrogens is 1. The van der Waals surface area contributed by atoms with E-state index in [9.17, 15) is 8.42 Å². The van der Waals surface area contributed by atoms with Crippen LogP contribution in [0.4, 0.5) is 0 Å². The smallest absolute Gasteiger partial charge is 0.217 e. The first-order valence-electron chi connectivity index (χ1n) is 8.29. The van der Waals surface area contributed by atoms with Crippen molar-refractivity contribution in [2.45, 2.75) is 55.8 Å². The number of pyridine rings is 1. The van der Waals surface area contributed by atoms with Crippen molar-refractivity contribution in [3.63, 3.8) is 0 Å². The van der Waals surface area contributed by atoms with E-state index in [1.54, 1.807) is 16.7 Å². The van der Waals surface area contributed by atoms with E-state index in [-0.39, 0.29) is 23.5 Å². The molecule has 2 saturated heterocycles. The van der Waals surface area contributed by atoms with Gasteiger partial charge in [-0.05, 0) is 37.3 Å². The van der Waals surface area contributed by atoms with E-state index in [1.165, 1.54) is 0 Å². The lowest BCUT2D eigenvalue weighted by molar-refractivity contribution is -0.0802. The minimum Gasteiger partial charge on any atom is -0.374 e. The summed E-state index contributed by atoms with van der Waals surface area (Å²) in [5.74, 6) is 0. The van der Waals surface area contributed by atoms with Gasteiger partial charge in [-0.15, -0.1) is 0 Å². The fourth-order valence-electron chi connectivity index (χ4n) is 3.55. The molecule has 3 fully saturated rings. The first-order chi connectivity index (χ1) is 11.2. The molecule has 6 nitrogen and oxygen atoms in total. The van der Waals surface area contributed by atoms with Gasteiger partial charge in [-0.25, -0.2) is 8.42 Å². The number of hydrogen-bond acceptors (Lipinski definition) is 5. The molecule has 0 spiro atoms. The lowest BCUT2D eigenvalue weighted by Gasteiger charge is -2.31. The fourth-order valence-corrected chi connectivity index (χ4v) is 5.62. The van der Waals surface area contributed by atoms with Crippen molar-refractivity contribution in [3.05, 3.63) is 30.1 Å². The maximum atomic E-state index is 12.7. The first kappa shape index (κ1) is 15.5. The zero-order chi connectivity index (χ0) is 15.9. The van der Waals surface area contributed by atoms with Crippen LogP contribution in [0, 0.1) is 0 Å². The third-order valence-corrected chi connectivity index (χ3v) is 7.28. The number of sulfonamides is 1. The van der Waals surface area contributed by atoms with Crippen LogP contribution in [0.2, 0.25) is 0 Å². The Morgan fingerprint density at radius 1 is 1.35 bits per heavy atom. The molecule has 7 heteroatoms. The topological polar surface area (TPSA) is 68.7 Å². The van der Waals surface area contributed by atoms with Crippen LogP contribution in [-0.4, -0.2) is 54.4 Å². The highest BCUT2D eigenvalue weighted by Gasteiger charge is 2.52. The van der Waals surface area contributed by atoms with E-state index >= 15 is 0 Å². The van der Waals surface area contributed by atoms with Crippen molar-refractivity contribution in [1.29, 1.82) is 0 Å². The summed E-state index contributed by atoms with van der Waals surface area (Å²) in [7, 11) is -3.19. The summed E-state index contributed by atoms with van der Waals surface area (Å²) >= 11 is 0. The van der Waals surface area contributed by atoms with Crippen LogP contribution in [0.3, 0.4) is 0 Å². The quantitative estimate of drug-likeness (QED) is 0.810. The second-order valence-electron chi connectivity index (χ2n) is 6.57. The highest BCUT2D eigenvalue weighted by Crippen LogP contribution is 2.39. The Bertz CT molecular complexity index is 647. The third kappa shape index (κ3) is 3.03. The number of rotatable bonds is 5. The van der Waals surface area contributed by atoms with Crippen LogP contribution < -0.4 is 0 Å². The summed E-state index contributed by atoms with van der Waals surface area (Å²) in [6, 6.07) is 3.77. The monoisotopic (exact) mass is 338 g/mol. The Morgan fingerprint density at radius 3 is 2.96 bits per heavy atom. The maximum absolute atomic E-state index is 12.7. The van der Waals surface area contributed by atoms with Gasteiger partial charge < -0.3 is 9.47 Å². The largest absolute Gasteiger partial charge is 0.374 e. The normalized spacial score (nSPS) is 31.9. The van der Waals surface area contributed by atoms with Gasteiger partial charge in [0.15, 0.2) is 0 Å². The van der Waals surface area contributed by atoms with Crippen molar-refractivity contribution < 1.29 is 17.9 Å². The molecule has 1 aromatic rings. The molecule has 2 aliphatic heterocycles. The van der Waals surface area contributed by atoms with Crippen molar-refractivity contribution >= 4 is 10.0 Å². The molecule has 0 bridgehead atoms. The van der Waals surface area contributed by atoms with Crippen molar-refractivity contribution in [1.82, 2.24) is 9.29 Å². The minimum absolute atomic E-state index is 0.0618. The van der Waals surface area contributed by atoms with Crippen LogP contribution in [0.1, 0.15) is 31.2 Å². The molecule has 4 rings (SSSR count). The zero-order valence-electron chi connectivity index (χ0n) is 13.0. The Hall–Kier alpha value is -1.02. The van der Waals surface area contributed by atoms with Gasteiger partial charge in [0, 0.05) is 25.5 Å². The summed E-state index contributed by atoms with van der Waals surface area (Å²) in [6.07, 6.45) is 6.51. The predicted molar refractivity (Wildman–Crippen MR) is 84.2 cm³/mol. The molecular formula is C16H22N2O4S. The molecule has 1 aliphatic carbocycles. The van der Waals surface area contributed by atoms with Crippen molar-refractivity contribution in [2.75, 3.05) is 13.2 Å². The lowest BCUT2D eigenvalue weighted by Crippen LogP contribution is -2.44. The molecule has 0 N–H and O–H groups in total. The van der Waals surface area contributed by atoms with Gasteiger partial charge in [-0.3, -0.25) is 4.98 Å². The molecule has 3 atom stereocenters. The molecule has 1 aromatic heterocycles. The van der Waals surface area contributed by atoms with Gasteiger partial charge >= 0.3 is 0 Å². The standard InChI is InChI=1S/C16H22N2O4S/c19-23(20,13-5-6-13)18-10-15(16-14(18)4-2-8-21-16)22-11-12-3-1-7-17-9-12/h1,3,7,9,13-16H,2,4-6,8,10-11H2/t14-,15-,16+/m1/s1. The molecule has 1 saturated carbocycles. The molecule has 0 amide bonds. The Labute approximate surface area is 136 Å². The highest BCUT2D eigenvalue weighted by atomic mass is 32.2. The average molecular weight is 338 g/mol. The fraction of sp³-hybridized carbons (Fsp3) is 0.688. The van der Waals surface area contributed by atoms with Gasteiger partial charge in [0.2, 0.25) is 10.0 Å².